The Hall–Kier alpha value is -3.81. The number of rotatable bonds is 5. The first kappa shape index (κ1) is 19.2. The quantitative estimate of drug-likeness (QED) is 0.470. The van der Waals surface area contributed by atoms with Gasteiger partial charge in [-0.15, -0.1) is 0 Å². The van der Waals surface area contributed by atoms with Gasteiger partial charge in [-0.2, -0.15) is 9.97 Å². The van der Waals surface area contributed by atoms with Gasteiger partial charge in [-0.05, 0) is 55.3 Å². The second kappa shape index (κ2) is 7.79. The van der Waals surface area contributed by atoms with Gasteiger partial charge in [0, 0.05) is 23.7 Å². The maximum Gasteiger partial charge on any atom is 0.245 e. The summed E-state index contributed by atoms with van der Waals surface area (Å²) >= 11 is 0. The van der Waals surface area contributed by atoms with Crippen LogP contribution in [0.25, 0.3) is 27.6 Å². The van der Waals surface area contributed by atoms with E-state index in [9.17, 15) is 4.39 Å². The fraction of sp³-hybridized carbons (Fsp3) is 0.217. The molecule has 0 bridgehead atoms. The minimum atomic E-state index is -0.926. The molecule has 0 spiro atoms. The molecule has 1 atom stereocenters. The van der Waals surface area contributed by atoms with Gasteiger partial charge in [-0.3, -0.25) is 4.98 Å². The number of aromatic amines is 1. The Morgan fingerprint density at radius 3 is 2.90 bits per heavy atom. The molecule has 2 N–H and O–H groups in total. The Balaban J connectivity index is 1.53. The van der Waals surface area contributed by atoms with Crippen molar-refractivity contribution in [2.45, 2.75) is 32.5 Å². The summed E-state index contributed by atoms with van der Waals surface area (Å²) in [5.41, 5.74) is 4.83. The van der Waals surface area contributed by atoms with Crippen molar-refractivity contribution in [2.75, 3.05) is 5.32 Å². The van der Waals surface area contributed by atoms with Crippen LogP contribution in [0.3, 0.4) is 0 Å². The number of benzene rings is 1. The number of anilines is 2. The van der Waals surface area contributed by atoms with Crippen molar-refractivity contribution in [1.82, 2.24) is 24.9 Å². The summed E-state index contributed by atoms with van der Waals surface area (Å²) < 4.78 is 19.3. The number of aromatic nitrogens is 5. The number of ether oxygens (including phenoxy) is 1. The summed E-state index contributed by atoms with van der Waals surface area (Å²) in [6.07, 6.45) is 8.09. The normalized spacial score (nSPS) is 16.1. The number of hydrogen-bond donors (Lipinski definition) is 2. The van der Waals surface area contributed by atoms with Crippen molar-refractivity contribution in [3.63, 3.8) is 0 Å². The lowest BCUT2D eigenvalue weighted by atomic mass is 9.96. The first-order valence-electron chi connectivity index (χ1n) is 10.1. The van der Waals surface area contributed by atoms with E-state index in [1.165, 1.54) is 0 Å². The monoisotopic (exact) mass is 416 g/mol. The molecule has 0 aliphatic heterocycles. The largest absolute Gasteiger partial charge is 0.473 e. The highest BCUT2D eigenvalue weighted by Crippen LogP contribution is 2.31. The average Bonchev–Trinajstić information content (AvgIpc) is 3.23. The third kappa shape index (κ3) is 3.84. The smallest absolute Gasteiger partial charge is 0.245 e. The molecular weight excluding hydrogens is 395 g/mol. The molecule has 31 heavy (non-hydrogen) atoms. The summed E-state index contributed by atoms with van der Waals surface area (Å²) in [6, 6.07) is 7.80. The molecule has 1 aliphatic carbocycles. The molecule has 7 nitrogen and oxygen atoms in total. The molecule has 5 rings (SSSR count). The van der Waals surface area contributed by atoms with E-state index in [4.69, 9.17) is 4.74 Å². The van der Waals surface area contributed by atoms with E-state index in [1.54, 1.807) is 18.6 Å². The van der Waals surface area contributed by atoms with Crippen LogP contribution in [0, 0.1) is 0 Å². The van der Waals surface area contributed by atoms with Crippen LogP contribution in [-0.2, 0) is 0 Å². The molecule has 1 aliphatic rings. The Morgan fingerprint density at radius 1 is 1.19 bits per heavy atom. The molecule has 1 aromatic carbocycles. The third-order valence-corrected chi connectivity index (χ3v) is 4.96. The van der Waals surface area contributed by atoms with Gasteiger partial charge in [0.05, 0.1) is 17.9 Å². The molecule has 0 saturated heterocycles. The van der Waals surface area contributed by atoms with Gasteiger partial charge >= 0.3 is 0 Å². The van der Waals surface area contributed by atoms with Crippen LogP contribution in [0.4, 0.5) is 16.0 Å². The lowest BCUT2D eigenvalue weighted by Gasteiger charge is -2.14. The summed E-state index contributed by atoms with van der Waals surface area (Å²) in [5, 5.41) is 4.21. The van der Waals surface area contributed by atoms with Crippen molar-refractivity contribution in [1.29, 1.82) is 0 Å². The molecule has 0 saturated carbocycles. The van der Waals surface area contributed by atoms with Crippen LogP contribution in [0.15, 0.2) is 55.0 Å². The zero-order valence-corrected chi connectivity index (χ0v) is 17.1. The van der Waals surface area contributed by atoms with E-state index in [-0.39, 0.29) is 6.10 Å². The van der Waals surface area contributed by atoms with E-state index >= 15 is 0 Å². The lowest BCUT2D eigenvalue weighted by molar-refractivity contribution is 0.235. The molecule has 156 valence electrons. The number of hydrogen-bond acceptors (Lipinski definition) is 6. The molecule has 4 aromatic rings. The Bertz CT molecular complexity index is 1330. The maximum atomic E-state index is 13.5. The number of H-pyrrole nitrogens is 1. The Morgan fingerprint density at radius 2 is 2.10 bits per heavy atom. The Labute approximate surface area is 178 Å². The van der Waals surface area contributed by atoms with Gasteiger partial charge < -0.3 is 15.0 Å². The van der Waals surface area contributed by atoms with E-state index < -0.39 is 6.17 Å². The van der Waals surface area contributed by atoms with Crippen molar-refractivity contribution >= 4 is 39.3 Å². The first-order chi connectivity index (χ1) is 15.1. The molecule has 3 aromatic heterocycles. The predicted molar refractivity (Wildman–Crippen MR) is 119 cm³/mol. The fourth-order valence-electron chi connectivity index (χ4n) is 3.57. The van der Waals surface area contributed by atoms with Crippen LogP contribution < -0.4 is 10.1 Å². The second-order valence-electron chi connectivity index (χ2n) is 7.61. The zero-order valence-electron chi connectivity index (χ0n) is 17.1. The second-order valence-corrected chi connectivity index (χ2v) is 7.61. The molecule has 0 amide bonds. The number of nitrogens with one attached hydrogen (secondary N) is 2. The third-order valence-electron chi connectivity index (χ3n) is 4.96. The standard InChI is InChI=1S/C23H21FN6O/c1-13(2)31-22-20-21(27-12-26-20)29-23(30-22)28-16-7-8-19-18(11-16)17(9-10-25-19)14-3-5-15(24)6-4-14/h3-5,7-13,15H,6H2,1-2H3,(H2,26,27,28,29,30). The van der Waals surface area contributed by atoms with Gasteiger partial charge in [-0.1, -0.05) is 12.2 Å². The molecule has 0 fully saturated rings. The number of fused-ring (bicyclic) bond motifs is 2. The van der Waals surface area contributed by atoms with Crippen LogP contribution in [-0.4, -0.2) is 37.2 Å². The van der Waals surface area contributed by atoms with Gasteiger partial charge in [0.15, 0.2) is 5.65 Å². The topological polar surface area (TPSA) is 88.6 Å². The molecule has 0 radical (unpaired) electrons. The van der Waals surface area contributed by atoms with Crippen LogP contribution in [0.5, 0.6) is 5.88 Å². The number of imidazole rings is 1. The van der Waals surface area contributed by atoms with Crippen LogP contribution in [0.2, 0.25) is 0 Å². The molecule has 1 unspecified atom stereocenters. The van der Waals surface area contributed by atoms with Crippen molar-refractivity contribution < 1.29 is 9.13 Å². The summed E-state index contributed by atoms with van der Waals surface area (Å²) in [6.45, 7) is 3.88. The SMILES string of the molecule is CC(C)Oc1nc(Nc2ccc3nccc(C4=CCC(F)C=C4)c3c2)nc2nc[nH]c12. The first-order valence-corrected chi connectivity index (χ1v) is 10.1. The molecule has 3 heterocycles. The van der Waals surface area contributed by atoms with Gasteiger partial charge in [-0.25, -0.2) is 9.37 Å². The van der Waals surface area contributed by atoms with Gasteiger partial charge in [0.25, 0.3) is 0 Å². The fourth-order valence-corrected chi connectivity index (χ4v) is 3.57. The van der Waals surface area contributed by atoms with Crippen molar-refractivity contribution in [3.05, 3.63) is 60.6 Å². The minimum Gasteiger partial charge on any atom is -0.473 e. The van der Waals surface area contributed by atoms with E-state index in [1.807, 2.05) is 50.3 Å². The number of alkyl halides is 1. The molecular formula is C23H21FN6O. The summed E-state index contributed by atoms with van der Waals surface area (Å²) in [5.74, 6) is 0.832. The maximum absolute atomic E-state index is 13.5. The Kier molecular flexibility index (Phi) is 4.82. The summed E-state index contributed by atoms with van der Waals surface area (Å²) in [7, 11) is 0. The number of halogens is 1. The highest BCUT2D eigenvalue weighted by atomic mass is 19.1. The van der Waals surface area contributed by atoms with Gasteiger partial charge in [0.2, 0.25) is 11.8 Å². The van der Waals surface area contributed by atoms with Gasteiger partial charge in [0.1, 0.15) is 11.7 Å². The molecule has 8 heteroatoms. The van der Waals surface area contributed by atoms with E-state index in [2.05, 4.69) is 30.2 Å². The number of nitrogens with zero attached hydrogens (tertiary/aromatic N) is 4. The van der Waals surface area contributed by atoms with Crippen LogP contribution in [0.1, 0.15) is 25.8 Å². The van der Waals surface area contributed by atoms with E-state index in [0.717, 1.165) is 27.7 Å². The predicted octanol–water partition coefficient (Wildman–Crippen LogP) is 5.11. The van der Waals surface area contributed by atoms with Crippen LogP contribution >= 0.6 is 0 Å². The number of allylic oxidation sites excluding steroid dienone is 4. The minimum absolute atomic E-state index is 0.0377. The van der Waals surface area contributed by atoms with Crippen molar-refractivity contribution in [3.8, 4) is 5.88 Å². The lowest BCUT2D eigenvalue weighted by Crippen LogP contribution is -2.09. The number of pyridine rings is 1. The highest BCUT2D eigenvalue weighted by Gasteiger charge is 2.14. The zero-order chi connectivity index (χ0) is 21.4. The average molecular weight is 416 g/mol. The van der Waals surface area contributed by atoms with E-state index in [0.29, 0.717) is 29.4 Å². The summed E-state index contributed by atoms with van der Waals surface area (Å²) in [4.78, 5) is 20.7. The van der Waals surface area contributed by atoms with Crippen molar-refractivity contribution in [2.24, 2.45) is 0 Å². The highest BCUT2D eigenvalue weighted by molar-refractivity contribution is 5.96.